The molecule has 4 aromatic rings. The fourth-order valence-corrected chi connectivity index (χ4v) is 3.18. The Hall–Kier alpha value is -3.84. The number of benzene rings is 3. The molecular formula is C23H19ClN4O3. The van der Waals surface area contributed by atoms with Crippen LogP contribution in [0.5, 0.6) is 11.5 Å². The lowest BCUT2D eigenvalue weighted by Crippen LogP contribution is -2.14. The van der Waals surface area contributed by atoms with Gasteiger partial charge in [0.05, 0.1) is 19.9 Å². The summed E-state index contributed by atoms with van der Waals surface area (Å²) in [7, 11) is 3.18. The number of hydrogen-bond donors (Lipinski definition) is 1. The van der Waals surface area contributed by atoms with Gasteiger partial charge in [-0.2, -0.15) is 0 Å². The van der Waals surface area contributed by atoms with E-state index < -0.39 is 5.91 Å². The highest BCUT2D eigenvalue weighted by molar-refractivity contribution is 6.30. The van der Waals surface area contributed by atoms with Gasteiger partial charge in [-0.25, -0.2) is 9.67 Å². The molecule has 1 N–H and O–H groups in total. The van der Waals surface area contributed by atoms with Crippen molar-refractivity contribution in [2.45, 2.75) is 0 Å². The normalized spacial score (nSPS) is 10.5. The summed E-state index contributed by atoms with van der Waals surface area (Å²) in [4.78, 5) is 17.3. The maximum atomic E-state index is 12.8. The third kappa shape index (κ3) is 4.51. The number of aromatic nitrogens is 3. The van der Waals surface area contributed by atoms with Crippen molar-refractivity contribution in [2.24, 2.45) is 0 Å². The van der Waals surface area contributed by atoms with Crippen LogP contribution in [0.2, 0.25) is 5.02 Å². The molecule has 1 heterocycles. The van der Waals surface area contributed by atoms with Crippen molar-refractivity contribution < 1.29 is 14.3 Å². The second-order valence-corrected chi connectivity index (χ2v) is 7.00. The second-order valence-electron chi connectivity index (χ2n) is 6.56. The minimum absolute atomic E-state index is 0.0293. The predicted octanol–water partition coefficient (Wildman–Crippen LogP) is 4.86. The van der Waals surface area contributed by atoms with Gasteiger partial charge in [-0.1, -0.05) is 23.7 Å². The molecule has 31 heavy (non-hydrogen) atoms. The summed E-state index contributed by atoms with van der Waals surface area (Å²) in [6, 6.07) is 21.6. The van der Waals surface area contributed by atoms with E-state index in [-0.39, 0.29) is 5.82 Å². The van der Waals surface area contributed by atoms with Gasteiger partial charge in [0.15, 0.2) is 5.82 Å². The van der Waals surface area contributed by atoms with Crippen LogP contribution in [-0.2, 0) is 0 Å². The maximum absolute atomic E-state index is 12.8. The Bertz CT molecular complexity index is 1200. The van der Waals surface area contributed by atoms with Gasteiger partial charge < -0.3 is 14.8 Å². The molecule has 0 radical (unpaired) electrons. The first kappa shape index (κ1) is 20.4. The Kier molecular flexibility index (Phi) is 5.86. The summed E-state index contributed by atoms with van der Waals surface area (Å²) in [5.74, 6) is 1.50. The molecule has 0 aliphatic rings. The number of halogens is 1. The van der Waals surface area contributed by atoms with Gasteiger partial charge >= 0.3 is 0 Å². The Morgan fingerprint density at radius 2 is 1.58 bits per heavy atom. The lowest BCUT2D eigenvalue weighted by atomic mass is 10.2. The number of hydrogen-bond acceptors (Lipinski definition) is 5. The maximum Gasteiger partial charge on any atom is 0.295 e. The molecule has 8 heteroatoms. The van der Waals surface area contributed by atoms with Crippen molar-refractivity contribution in [3.63, 3.8) is 0 Å². The zero-order valence-electron chi connectivity index (χ0n) is 16.9. The van der Waals surface area contributed by atoms with Gasteiger partial charge in [-0.15, -0.1) is 5.10 Å². The number of nitrogens with one attached hydrogen (secondary N) is 1. The summed E-state index contributed by atoms with van der Waals surface area (Å²) in [6.45, 7) is 0. The molecule has 1 amide bonds. The van der Waals surface area contributed by atoms with Crippen LogP contribution in [0.25, 0.3) is 17.1 Å². The van der Waals surface area contributed by atoms with Crippen LogP contribution in [0, 0.1) is 0 Å². The molecule has 0 fully saturated rings. The van der Waals surface area contributed by atoms with E-state index in [1.807, 2.05) is 36.4 Å². The molecule has 0 aliphatic carbocycles. The zero-order chi connectivity index (χ0) is 21.8. The molecule has 7 nitrogen and oxygen atoms in total. The highest BCUT2D eigenvalue weighted by Gasteiger charge is 2.19. The van der Waals surface area contributed by atoms with Crippen molar-refractivity contribution >= 4 is 23.2 Å². The minimum atomic E-state index is -0.430. The molecule has 0 spiro atoms. The van der Waals surface area contributed by atoms with E-state index in [1.54, 1.807) is 55.3 Å². The Morgan fingerprint density at radius 1 is 0.935 bits per heavy atom. The van der Waals surface area contributed by atoms with Crippen molar-refractivity contribution in [3.8, 4) is 28.6 Å². The Morgan fingerprint density at radius 3 is 2.19 bits per heavy atom. The molecule has 3 aromatic carbocycles. The molecule has 0 aliphatic heterocycles. The Balaban J connectivity index is 1.71. The molecule has 4 rings (SSSR count). The van der Waals surface area contributed by atoms with Crippen LogP contribution < -0.4 is 14.8 Å². The van der Waals surface area contributed by atoms with Crippen LogP contribution in [-0.4, -0.2) is 34.9 Å². The second kappa shape index (κ2) is 8.89. The van der Waals surface area contributed by atoms with Crippen LogP contribution in [0.3, 0.4) is 0 Å². The topological polar surface area (TPSA) is 78.3 Å². The van der Waals surface area contributed by atoms with Gasteiger partial charge in [-0.3, -0.25) is 4.79 Å². The summed E-state index contributed by atoms with van der Waals surface area (Å²) in [5.41, 5.74) is 2.07. The quantitative estimate of drug-likeness (QED) is 0.469. The summed E-state index contributed by atoms with van der Waals surface area (Å²) < 4.78 is 12.0. The molecule has 0 saturated heterocycles. The number of anilines is 1. The number of ether oxygens (including phenoxy) is 2. The number of carbonyl (C=O) groups is 1. The standard InChI is InChI=1S/C23H19ClN4O3/c1-30-19-10-6-17(7-11-19)25-23(29)21-26-22(15-4-3-5-16(24)14-15)28(27-21)18-8-12-20(31-2)13-9-18/h3-14H,1-2H3,(H,25,29). The van der Waals surface area contributed by atoms with Crippen LogP contribution in [0.1, 0.15) is 10.6 Å². The van der Waals surface area contributed by atoms with E-state index in [1.165, 1.54) is 0 Å². The first-order valence-corrected chi connectivity index (χ1v) is 9.78. The van der Waals surface area contributed by atoms with Gasteiger partial charge in [0.2, 0.25) is 5.82 Å². The average molecular weight is 435 g/mol. The lowest BCUT2D eigenvalue weighted by molar-refractivity contribution is 0.101. The monoisotopic (exact) mass is 434 g/mol. The molecular weight excluding hydrogens is 416 g/mol. The summed E-state index contributed by atoms with van der Waals surface area (Å²) in [5, 5.41) is 7.82. The fourth-order valence-electron chi connectivity index (χ4n) is 2.99. The third-order valence-corrected chi connectivity index (χ3v) is 4.79. The summed E-state index contributed by atoms with van der Waals surface area (Å²) >= 11 is 6.17. The van der Waals surface area contributed by atoms with Crippen LogP contribution in [0.4, 0.5) is 5.69 Å². The molecule has 0 unspecified atom stereocenters. The molecule has 156 valence electrons. The number of methoxy groups -OCH3 is 2. The predicted molar refractivity (Wildman–Crippen MR) is 119 cm³/mol. The van der Waals surface area contributed by atoms with E-state index in [4.69, 9.17) is 21.1 Å². The summed E-state index contributed by atoms with van der Waals surface area (Å²) in [6.07, 6.45) is 0. The van der Waals surface area contributed by atoms with Crippen molar-refractivity contribution in [2.75, 3.05) is 19.5 Å². The van der Waals surface area contributed by atoms with Crippen LogP contribution >= 0.6 is 11.6 Å². The highest BCUT2D eigenvalue weighted by atomic mass is 35.5. The van der Waals surface area contributed by atoms with Gasteiger partial charge in [0.1, 0.15) is 11.5 Å². The number of amides is 1. The zero-order valence-corrected chi connectivity index (χ0v) is 17.6. The first-order valence-electron chi connectivity index (χ1n) is 9.40. The minimum Gasteiger partial charge on any atom is -0.497 e. The van der Waals surface area contributed by atoms with Gasteiger partial charge in [-0.05, 0) is 60.7 Å². The molecule has 0 atom stereocenters. The largest absolute Gasteiger partial charge is 0.497 e. The van der Waals surface area contributed by atoms with Crippen LogP contribution in [0.15, 0.2) is 72.8 Å². The number of rotatable bonds is 6. The van der Waals surface area contributed by atoms with E-state index in [9.17, 15) is 4.79 Å². The number of nitrogens with zero attached hydrogens (tertiary/aromatic N) is 3. The molecule has 0 bridgehead atoms. The van der Waals surface area contributed by atoms with E-state index in [2.05, 4.69) is 15.4 Å². The molecule has 1 aromatic heterocycles. The SMILES string of the molecule is COc1ccc(NC(=O)c2nc(-c3cccc(Cl)c3)n(-c3ccc(OC)cc3)n2)cc1. The Labute approximate surface area is 184 Å². The lowest BCUT2D eigenvalue weighted by Gasteiger charge is -2.07. The number of carbonyl (C=O) groups excluding carboxylic acids is 1. The van der Waals surface area contributed by atoms with E-state index >= 15 is 0 Å². The fraction of sp³-hybridized carbons (Fsp3) is 0.0870. The van der Waals surface area contributed by atoms with E-state index in [0.29, 0.717) is 28.0 Å². The van der Waals surface area contributed by atoms with Gasteiger partial charge in [0.25, 0.3) is 5.91 Å². The van der Waals surface area contributed by atoms with E-state index in [0.717, 1.165) is 11.3 Å². The van der Waals surface area contributed by atoms with Crippen molar-refractivity contribution in [1.29, 1.82) is 0 Å². The molecule has 0 saturated carbocycles. The smallest absolute Gasteiger partial charge is 0.295 e. The highest BCUT2D eigenvalue weighted by Crippen LogP contribution is 2.25. The average Bonchev–Trinajstić information content (AvgIpc) is 3.25. The first-order chi connectivity index (χ1) is 15.1. The van der Waals surface area contributed by atoms with Gasteiger partial charge in [0, 0.05) is 16.3 Å². The van der Waals surface area contributed by atoms with Crippen molar-refractivity contribution in [1.82, 2.24) is 14.8 Å². The van der Waals surface area contributed by atoms with Crippen molar-refractivity contribution in [3.05, 3.63) is 83.6 Å². The third-order valence-electron chi connectivity index (χ3n) is 4.56.